The molecule has 4 rings (SSSR count). The van der Waals surface area contributed by atoms with Crippen molar-refractivity contribution in [3.8, 4) is 17.2 Å². The van der Waals surface area contributed by atoms with Crippen LogP contribution in [0.25, 0.3) is 11.5 Å². The monoisotopic (exact) mass is 404 g/mol. The van der Waals surface area contributed by atoms with Gasteiger partial charge in [-0.25, -0.2) is 4.39 Å². The molecule has 3 aromatic rings. The zero-order chi connectivity index (χ0) is 18.6. The Morgan fingerprint density at radius 2 is 2.00 bits per heavy atom. The van der Waals surface area contributed by atoms with E-state index in [1.807, 2.05) is 24.3 Å². The first-order chi connectivity index (χ1) is 13.2. The van der Waals surface area contributed by atoms with Gasteiger partial charge in [-0.05, 0) is 36.9 Å². The predicted molar refractivity (Wildman–Crippen MR) is 106 cm³/mol. The van der Waals surface area contributed by atoms with Gasteiger partial charge >= 0.3 is 0 Å². The Labute approximate surface area is 169 Å². The molecular weight excluding hydrogens is 383 g/mol. The molecule has 2 heterocycles. The Kier molecular flexibility index (Phi) is 6.61. The summed E-state index contributed by atoms with van der Waals surface area (Å²) in [7, 11) is 2.06. The second kappa shape index (κ2) is 9.14. The van der Waals surface area contributed by atoms with Crippen LogP contribution in [0.4, 0.5) is 4.39 Å². The Bertz CT molecular complexity index is 903. The molecule has 28 heavy (non-hydrogen) atoms. The molecule has 1 fully saturated rings. The van der Waals surface area contributed by atoms with Crippen LogP contribution < -0.4 is 10.1 Å². The molecule has 8 heteroatoms. The number of hydrogen-bond donors (Lipinski definition) is 1. The highest BCUT2D eigenvalue weighted by molar-refractivity contribution is 5.85. The van der Waals surface area contributed by atoms with Gasteiger partial charge in [-0.15, -0.1) is 12.4 Å². The van der Waals surface area contributed by atoms with Crippen LogP contribution in [0.2, 0.25) is 0 Å². The van der Waals surface area contributed by atoms with Crippen molar-refractivity contribution >= 4 is 12.4 Å². The summed E-state index contributed by atoms with van der Waals surface area (Å²) < 4.78 is 24.5. The summed E-state index contributed by atoms with van der Waals surface area (Å²) in [6, 6.07) is 13.9. The van der Waals surface area contributed by atoms with Crippen LogP contribution in [0.1, 0.15) is 17.4 Å². The average Bonchev–Trinajstić information content (AvgIpc) is 3.18. The van der Waals surface area contributed by atoms with Crippen molar-refractivity contribution in [3.63, 3.8) is 0 Å². The van der Waals surface area contributed by atoms with E-state index in [9.17, 15) is 4.39 Å². The number of hydrogen-bond acceptors (Lipinski definition) is 6. The Balaban J connectivity index is 0.00000225. The largest absolute Gasteiger partial charge is 0.488 e. The summed E-state index contributed by atoms with van der Waals surface area (Å²) in [5.41, 5.74) is 1.62. The van der Waals surface area contributed by atoms with Crippen LogP contribution in [0.15, 0.2) is 53.1 Å². The van der Waals surface area contributed by atoms with Crippen molar-refractivity contribution in [2.24, 2.45) is 0 Å². The molecule has 1 aromatic heterocycles. The highest BCUT2D eigenvalue weighted by atomic mass is 35.5. The van der Waals surface area contributed by atoms with Crippen LogP contribution in [-0.4, -0.2) is 41.7 Å². The third-order valence-corrected chi connectivity index (χ3v) is 4.68. The van der Waals surface area contributed by atoms with Gasteiger partial charge in [-0.1, -0.05) is 29.4 Å². The van der Waals surface area contributed by atoms with Crippen molar-refractivity contribution in [1.29, 1.82) is 0 Å². The molecule has 0 radical (unpaired) electrons. The number of aromatic nitrogens is 2. The van der Waals surface area contributed by atoms with E-state index >= 15 is 0 Å². The molecule has 148 valence electrons. The number of likely N-dealkylation sites (N-methyl/N-ethyl adjacent to an activating group) is 1. The molecule has 0 aliphatic carbocycles. The van der Waals surface area contributed by atoms with Crippen molar-refractivity contribution in [1.82, 2.24) is 20.4 Å². The minimum absolute atomic E-state index is 0. The summed E-state index contributed by atoms with van der Waals surface area (Å²) in [5, 5.41) is 7.52. The predicted octanol–water partition coefficient (Wildman–Crippen LogP) is 3.45. The van der Waals surface area contributed by atoms with Gasteiger partial charge in [0.15, 0.2) is 5.82 Å². The molecule has 6 nitrogen and oxygen atoms in total. The van der Waals surface area contributed by atoms with Gasteiger partial charge < -0.3 is 14.6 Å². The van der Waals surface area contributed by atoms with Crippen molar-refractivity contribution < 1.29 is 13.7 Å². The van der Waals surface area contributed by atoms with Crippen molar-refractivity contribution in [2.45, 2.75) is 12.6 Å². The maximum atomic E-state index is 13.0. The SMILES string of the molecule is CN1CCNCC1c1noc(-c2ccccc2OCc2ccc(F)cc2)n1.Cl. The average molecular weight is 405 g/mol. The standard InChI is InChI=1S/C20H21FN4O2.ClH/c1-25-11-10-22-12-17(25)19-23-20(27-24-19)16-4-2-3-5-18(16)26-13-14-6-8-15(21)9-7-14;/h2-9,17,22H,10-13H2,1H3;1H. The van der Waals surface area contributed by atoms with E-state index in [1.165, 1.54) is 12.1 Å². The van der Waals surface area contributed by atoms with E-state index in [0.29, 0.717) is 24.1 Å². The molecule has 1 atom stereocenters. The zero-order valence-corrected chi connectivity index (χ0v) is 16.3. The highest BCUT2D eigenvalue weighted by Gasteiger charge is 2.26. The second-order valence-electron chi connectivity index (χ2n) is 6.57. The van der Waals surface area contributed by atoms with Crippen LogP contribution in [0.5, 0.6) is 5.75 Å². The normalized spacial score (nSPS) is 17.1. The number of piperazine rings is 1. The van der Waals surface area contributed by atoms with Crippen molar-refractivity contribution in [2.75, 3.05) is 26.7 Å². The van der Waals surface area contributed by atoms with E-state index in [4.69, 9.17) is 9.26 Å². The van der Waals surface area contributed by atoms with E-state index < -0.39 is 0 Å². The lowest BCUT2D eigenvalue weighted by Gasteiger charge is -2.30. The fraction of sp³-hybridized carbons (Fsp3) is 0.300. The fourth-order valence-electron chi connectivity index (χ4n) is 3.08. The third kappa shape index (κ3) is 4.49. The number of halogens is 2. The van der Waals surface area contributed by atoms with Crippen LogP contribution in [0, 0.1) is 5.82 Å². The van der Waals surface area contributed by atoms with Gasteiger partial charge in [0, 0.05) is 19.6 Å². The third-order valence-electron chi connectivity index (χ3n) is 4.68. The molecule has 1 saturated heterocycles. The van der Waals surface area contributed by atoms with E-state index in [1.54, 1.807) is 12.1 Å². The molecule has 1 unspecified atom stereocenters. The van der Waals surface area contributed by atoms with Crippen molar-refractivity contribution in [3.05, 3.63) is 65.7 Å². The minimum atomic E-state index is -0.264. The number of nitrogens with one attached hydrogen (secondary N) is 1. The molecule has 2 aromatic carbocycles. The second-order valence-corrected chi connectivity index (χ2v) is 6.57. The smallest absolute Gasteiger partial charge is 0.261 e. The lowest BCUT2D eigenvalue weighted by molar-refractivity contribution is 0.190. The first-order valence-electron chi connectivity index (χ1n) is 8.92. The molecule has 0 spiro atoms. The number of benzene rings is 2. The Hall–Kier alpha value is -2.48. The zero-order valence-electron chi connectivity index (χ0n) is 15.5. The first kappa shape index (κ1) is 20.3. The van der Waals surface area contributed by atoms with Crippen LogP contribution in [-0.2, 0) is 6.61 Å². The fourth-order valence-corrected chi connectivity index (χ4v) is 3.08. The lowest BCUT2D eigenvalue weighted by Crippen LogP contribution is -2.44. The highest BCUT2D eigenvalue weighted by Crippen LogP contribution is 2.30. The van der Waals surface area contributed by atoms with Crippen LogP contribution in [0.3, 0.4) is 0 Å². The Morgan fingerprint density at radius 1 is 1.21 bits per heavy atom. The Morgan fingerprint density at radius 3 is 2.79 bits per heavy atom. The summed E-state index contributed by atoms with van der Waals surface area (Å²) in [6.45, 7) is 3.01. The topological polar surface area (TPSA) is 63.4 Å². The van der Waals surface area contributed by atoms with Crippen LogP contribution >= 0.6 is 12.4 Å². The molecular formula is C20H22ClFN4O2. The maximum Gasteiger partial charge on any atom is 0.261 e. The maximum absolute atomic E-state index is 13.0. The van der Waals surface area contributed by atoms with Gasteiger partial charge in [0.1, 0.15) is 18.2 Å². The first-order valence-corrected chi connectivity index (χ1v) is 8.92. The van der Waals surface area contributed by atoms with E-state index in [2.05, 4.69) is 27.4 Å². The minimum Gasteiger partial charge on any atom is -0.488 e. The summed E-state index contributed by atoms with van der Waals surface area (Å²) in [5.74, 6) is 1.47. The summed E-state index contributed by atoms with van der Waals surface area (Å²) >= 11 is 0. The molecule has 1 aliphatic rings. The van der Waals surface area contributed by atoms with E-state index in [-0.39, 0.29) is 24.3 Å². The van der Waals surface area contributed by atoms with E-state index in [0.717, 1.165) is 30.8 Å². The van der Waals surface area contributed by atoms with Gasteiger partial charge in [0.2, 0.25) is 0 Å². The number of para-hydroxylation sites is 1. The molecule has 0 amide bonds. The quantitative estimate of drug-likeness (QED) is 0.702. The molecule has 1 aliphatic heterocycles. The summed E-state index contributed by atoms with van der Waals surface area (Å²) in [6.07, 6.45) is 0. The summed E-state index contributed by atoms with van der Waals surface area (Å²) in [4.78, 5) is 6.80. The van der Waals surface area contributed by atoms with Gasteiger partial charge in [-0.2, -0.15) is 4.98 Å². The van der Waals surface area contributed by atoms with Gasteiger partial charge in [-0.3, -0.25) is 4.90 Å². The molecule has 1 N–H and O–H groups in total. The van der Waals surface area contributed by atoms with Gasteiger partial charge in [0.05, 0.1) is 11.6 Å². The number of nitrogens with zero attached hydrogens (tertiary/aromatic N) is 3. The lowest BCUT2D eigenvalue weighted by atomic mass is 10.2. The molecule has 0 bridgehead atoms. The molecule has 0 saturated carbocycles. The van der Waals surface area contributed by atoms with Gasteiger partial charge in [0.25, 0.3) is 5.89 Å². The number of rotatable bonds is 5. The number of ether oxygens (including phenoxy) is 1.